The van der Waals surface area contributed by atoms with Crippen molar-refractivity contribution in [2.45, 2.75) is 20.1 Å². The fourth-order valence-corrected chi connectivity index (χ4v) is 1.70. The van der Waals surface area contributed by atoms with Gasteiger partial charge in [0.2, 0.25) is 12.1 Å². The average Bonchev–Trinajstić information content (AvgIpc) is 2.45. The molecule has 1 N–H and O–H groups in total. The summed E-state index contributed by atoms with van der Waals surface area (Å²) in [5.41, 5.74) is -0.997. The number of ketones is 1. The Hall–Kier alpha value is -1.86. The first-order valence-electron chi connectivity index (χ1n) is 6.44. The van der Waals surface area contributed by atoms with Crippen molar-refractivity contribution >= 4 is 11.7 Å². The van der Waals surface area contributed by atoms with Gasteiger partial charge in [0, 0.05) is 25.8 Å². The molecule has 0 saturated carbocycles. The molecule has 1 aromatic carbocycles. The number of ether oxygens (including phenoxy) is 2. The van der Waals surface area contributed by atoms with Crippen LogP contribution in [-0.2, 0) is 9.47 Å². The third-order valence-electron chi connectivity index (χ3n) is 2.63. The van der Waals surface area contributed by atoms with E-state index in [1.54, 1.807) is 13.8 Å². The van der Waals surface area contributed by atoms with Crippen LogP contribution in [0.5, 0.6) is 0 Å². The normalized spacial score (nSPS) is 10.8. The highest BCUT2D eigenvalue weighted by Crippen LogP contribution is 2.19. The number of Topliss-reactive ketones (excluding diaryl/α,β-unsaturated/α-hetero) is 1. The number of hydrogen-bond acceptors (Lipinski definition) is 4. The van der Waals surface area contributed by atoms with Crippen molar-refractivity contribution in [1.82, 2.24) is 5.32 Å². The van der Waals surface area contributed by atoms with E-state index in [0.717, 1.165) is 12.1 Å². The topological polar surface area (TPSA) is 64.6 Å². The first-order valence-corrected chi connectivity index (χ1v) is 6.44. The molecule has 1 amide bonds. The summed E-state index contributed by atoms with van der Waals surface area (Å²) in [6.07, 6.45) is -1.38. The van der Waals surface area contributed by atoms with E-state index in [-0.39, 0.29) is 18.8 Å². The van der Waals surface area contributed by atoms with E-state index in [9.17, 15) is 18.4 Å². The number of halogens is 2. The summed E-state index contributed by atoms with van der Waals surface area (Å²) in [5.74, 6) is -3.89. The Balaban J connectivity index is 3.17. The van der Waals surface area contributed by atoms with Gasteiger partial charge in [0.25, 0.3) is 5.91 Å². The number of benzene rings is 1. The second-order valence-corrected chi connectivity index (χ2v) is 4.00. The first kappa shape index (κ1) is 17.2. The number of amides is 1. The maximum Gasteiger partial charge on any atom is 0.251 e. The number of rotatable bonds is 7. The third-order valence-corrected chi connectivity index (χ3v) is 2.63. The van der Waals surface area contributed by atoms with Crippen LogP contribution in [0, 0.1) is 11.6 Å². The molecule has 0 radical (unpaired) electrons. The molecule has 0 spiro atoms. The molecule has 0 heterocycles. The zero-order valence-corrected chi connectivity index (χ0v) is 12.0. The first-order chi connectivity index (χ1) is 9.96. The number of carbonyl (C=O) groups excluding carboxylic acids is 2. The quantitative estimate of drug-likeness (QED) is 0.617. The summed E-state index contributed by atoms with van der Waals surface area (Å²) < 4.78 is 37.9. The van der Waals surface area contributed by atoms with Gasteiger partial charge >= 0.3 is 0 Å². The van der Waals surface area contributed by atoms with Crippen LogP contribution < -0.4 is 5.32 Å². The Labute approximate surface area is 121 Å². The molecular weight excluding hydrogens is 284 g/mol. The predicted molar refractivity (Wildman–Crippen MR) is 71.1 cm³/mol. The smallest absolute Gasteiger partial charge is 0.251 e. The monoisotopic (exact) mass is 301 g/mol. The van der Waals surface area contributed by atoms with Crippen LogP contribution in [-0.4, -0.2) is 38.2 Å². The van der Waals surface area contributed by atoms with Gasteiger partial charge in [-0.05, 0) is 26.0 Å². The summed E-state index contributed by atoms with van der Waals surface area (Å²) in [6, 6.07) is 1.59. The zero-order chi connectivity index (χ0) is 16.0. The van der Waals surface area contributed by atoms with Crippen molar-refractivity contribution in [3.05, 3.63) is 34.9 Å². The molecule has 0 aliphatic rings. The van der Waals surface area contributed by atoms with Gasteiger partial charge in [-0.15, -0.1) is 0 Å². The second-order valence-electron chi connectivity index (χ2n) is 4.00. The van der Waals surface area contributed by atoms with Crippen LogP contribution in [0.4, 0.5) is 8.78 Å². The minimum atomic E-state index is -1.38. The lowest BCUT2D eigenvalue weighted by Crippen LogP contribution is -2.29. The molecule has 0 fully saturated rings. The van der Waals surface area contributed by atoms with Crippen molar-refractivity contribution in [2.24, 2.45) is 0 Å². The summed E-state index contributed by atoms with van der Waals surface area (Å²) in [7, 11) is 1.33. The molecule has 116 valence electrons. The largest absolute Gasteiger partial charge is 0.355 e. The van der Waals surface area contributed by atoms with Gasteiger partial charge in [-0.3, -0.25) is 9.59 Å². The summed E-state index contributed by atoms with van der Waals surface area (Å²) in [4.78, 5) is 23.4. The molecule has 21 heavy (non-hydrogen) atoms. The molecular formula is C14H17F2NO4. The number of hydrogen-bond donors (Lipinski definition) is 1. The SMILES string of the molecule is CCOC(OCC)C(=O)c1c(F)cc(C(=O)NC)cc1F. The Kier molecular flexibility index (Phi) is 6.39. The van der Waals surface area contributed by atoms with Crippen molar-refractivity contribution in [3.63, 3.8) is 0 Å². The van der Waals surface area contributed by atoms with Gasteiger partial charge in [-0.2, -0.15) is 0 Å². The average molecular weight is 301 g/mol. The summed E-state index contributed by atoms with van der Waals surface area (Å²) >= 11 is 0. The standard InChI is InChI=1S/C14H17F2NO4/c1-4-20-14(21-5-2)12(18)11-9(15)6-8(7-10(11)16)13(19)17-3/h6-7,14H,4-5H2,1-3H3,(H,17,19). The minimum Gasteiger partial charge on any atom is -0.355 e. The molecule has 5 nitrogen and oxygen atoms in total. The second kappa shape index (κ2) is 7.80. The molecule has 1 aromatic rings. The van der Waals surface area contributed by atoms with E-state index < -0.39 is 35.2 Å². The highest BCUT2D eigenvalue weighted by atomic mass is 19.1. The van der Waals surface area contributed by atoms with Crippen LogP contribution in [0.3, 0.4) is 0 Å². The van der Waals surface area contributed by atoms with Crippen LogP contribution in [0.25, 0.3) is 0 Å². The summed E-state index contributed by atoms with van der Waals surface area (Å²) in [5, 5.41) is 2.24. The summed E-state index contributed by atoms with van der Waals surface area (Å²) in [6.45, 7) is 3.55. The van der Waals surface area contributed by atoms with Gasteiger partial charge in [0.05, 0.1) is 5.56 Å². The highest BCUT2D eigenvalue weighted by Gasteiger charge is 2.28. The van der Waals surface area contributed by atoms with Gasteiger partial charge in [-0.25, -0.2) is 8.78 Å². The number of nitrogens with one attached hydrogen (secondary N) is 1. The van der Waals surface area contributed by atoms with Gasteiger partial charge in [0.1, 0.15) is 11.6 Å². The lowest BCUT2D eigenvalue weighted by molar-refractivity contribution is -0.107. The van der Waals surface area contributed by atoms with Crippen molar-refractivity contribution in [1.29, 1.82) is 0 Å². The van der Waals surface area contributed by atoms with Gasteiger partial charge in [-0.1, -0.05) is 0 Å². The van der Waals surface area contributed by atoms with E-state index in [4.69, 9.17) is 9.47 Å². The minimum absolute atomic E-state index is 0.149. The lowest BCUT2D eigenvalue weighted by Gasteiger charge is -2.16. The lowest BCUT2D eigenvalue weighted by atomic mass is 10.1. The molecule has 1 rings (SSSR count). The van der Waals surface area contributed by atoms with Crippen molar-refractivity contribution < 1.29 is 27.8 Å². The molecule has 0 bridgehead atoms. The molecule has 0 saturated heterocycles. The van der Waals surface area contributed by atoms with Crippen LogP contribution >= 0.6 is 0 Å². The van der Waals surface area contributed by atoms with Gasteiger partial charge in [0.15, 0.2) is 0 Å². The Morgan fingerprint density at radius 3 is 2.00 bits per heavy atom. The predicted octanol–water partition coefficient (Wildman–Crippen LogP) is 1.91. The fraction of sp³-hybridized carbons (Fsp3) is 0.429. The molecule has 0 aliphatic heterocycles. The Bertz CT molecular complexity index is 505. The van der Waals surface area contributed by atoms with E-state index >= 15 is 0 Å². The Morgan fingerprint density at radius 2 is 1.62 bits per heavy atom. The fourth-order valence-electron chi connectivity index (χ4n) is 1.70. The van der Waals surface area contributed by atoms with E-state index in [1.165, 1.54) is 7.05 Å². The van der Waals surface area contributed by atoms with E-state index in [2.05, 4.69) is 5.32 Å². The molecule has 0 atom stereocenters. The molecule has 7 heteroatoms. The zero-order valence-electron chi connectivity index (χ0n) is 12.0. The van der Waals surface area contributed by atoms with Crippen LogP contribution in [0.2, 0.25) is 0 Å². The van der Waals surface area contributed by atoms with Gasteiger partial charge < -0.3 is 14.8 Å². The maximum absolute atomic E-state index is 13.9. The molecule has 0 aromatic heterocycles. The third kappa shape index (κ3) is 4.05. The van der Waals surface area contributed by atoms with E-state index in [0.29, 0.717) is 0 Å². The van der Waals surface area contributed by atoms with Crippen LogP contribution in [0.1, 0.15) is 34.6 Å². The molecule has 0 aliphatic carbocycles. The van der Waals surface area contributed by atoms with Crippen LogP contribution in [0.15, 0.2) is 12.1 Å². The maximum atomic E-state index is 13.9. The highest BCUT2D eigenvalue weighted by molar-refractivity contribution is 6.01. The Morgan fingerprint density at radius 1 is 1.14 bits per heavy atom. The molecule has 0 unspecified atom stereocenters. The van der Waals surface area contributed by atoms with Crippen molar-refractivity contribution in [3.8, 4) is 0 Å². The van der Waals surface area contributed by atoms with E-state index in [1.807, 2.05) is 0 Å². The number of carbonyl (C=O) groups is 2. The van der Waals surface area contributed by atoms with Crippen molar-refractivity contribution in [2.75, 3.05) is 20.3 Å².